The topological polar surface area (TPSA) is 50.5 Å². The Labute approximate surface area is 134 Å². The molecule has 0 aromatic heterocycles. The van der Waals surface area contributed by atoms with Gasteiger partial charge in [-0.1, -0.05) is 13.8 Å². The van der Waals surface area contributed by atoms with Crippen molar-refractivity contribution in [3.05, 3.63) is 23.3 Å². The van der Waals surface area contributed by atoms with E-state index in [1.54, 1.807) is 0 Å². The lowest BCUT2D eigenvalue weighted by molar-refractivity contribution is 0.259. The Morgan fingerprint density at radius 3 is 2.30 bits per heavy atom. The predicted octanol–water partition coefficient (Wildman–Crippen LogP) is 3.19. The molecule has 0 bridgehead atoms. The van der Waals surface area contributed by atoms with Crippen molar-refractivity contribution < 1.29 is 4.74 Å². The average Bonchev–Trinajstić information content (AvgIpc) is 2.28. The molecule has 0 radical (unpaired) electrons. The Bertz CT molecular complexity index is 398. The Morgan fingerprint density at radius 1 is 1.25 bits per heavy atom. The fourth-order valence-electron chi connectivity index (χ4n) is 1.77. The molecular weight excluding hydrogens is 297 g/mol. The van der Waals surface area contributed by atoms with Crippen molar-refractivity contribution in [1.82, 2.24) is 4.90 Å². The van der Waals surface area contributed by atoms with Gasteiger partial charge in [-0.15, -0.1) is 24.8 Å². The molecule has 20 heavy (non-hydrogen) atoms. The summed E-state index contributed by atoms with van der Waals surface area (Å²) in [5, 5.41) is 0. The molecule has 0 amide bonds. The van der Waals surface area contributed by atoms with Crippen molar-refractivity contribution in [2.45, 2.75) is 26.7 Å². The first-order valence-corrected chi connectivity index (χ1v) is 6.34. The predicted molar refractivity (Wildman–Crippen MR) is 91.6 cm³/mol. The van der Waals surface area contributed by atoms with E-state index in [1.807, 2.05) is 21.0 Å². The highest BCUT2D eigenvalue weighted by atomic mass is 35.5. The van der Waals surface area contributed by atoms with Crippen LogP contribution in [-0.4, -0.2) is 32.1 Å². The summed E-state index contributed by atoms with van der Waals surface area (Å²) in [6, 6.07) is 4.13. The molecule has 4 nitrogen and oxygen atoms in total. The van der Waals surface area contributed by atoms with E-state index in [0.717, 1.165) is 23.5 Å². The molecule has 3 N–H and O–H groups in total. The molecule has 6 heteroatoms. The lowest BCUT2D eigenvalue weighted by Gasteiger charge is -2.18. The average molecular weight is 324 g/mol. The Balaban J connectivity index is 0. The molecule has 0 heterocycles. The van der Waals surface area contributed by atoms with Crippen LogP contribution in [0.15, 0.2) is 12.1 Å². The molecule has 0 spiro atoms. The smallest absolute Gasteiger partial charge is 0.123 e. The van der Waals surface area contributed by atoms with Gasteiger partial charge in [0, 0.05) is 6.54 Å². The van der Waals surface area contributed by atoms with Crippen molar-refractivity contribution >= 4 is 30.5 Å². The Morgan fingerprint density at radius 2 is 1.85 bits per heavy atom. The zero-order valence-corrected chi connectivity index (χ0v) is 14.5. The van der Waals surface area contributed by atoms with Crippen molar-refractivity contribution in [2.24, 2.45) is 5.84 Å². The third-order valence-electron chi connectivity index (χ3n) is 2.93. The number of nitrogen functional groups attached to an aromatic ring is 1. The number of rotatable bonds is 6. The largest absolute Gasteiger partial charge is 0.492 e. The van der Waals surface area contributed by atoms with Gasteiger partial charge in [0.05, 0.1) is 5.69 Å². The summed E-state index contributed by atoms with van der Waals surface area (Å²) < 4.78 is 5.88. The van der Waals surface area contributed by atoms with Gasteiger partial charge in [0.1, 0.15) is 12.4 Å². The van der Waals surface area contributed by atoms with Crippen LogP contribution in [0, 0.1) is 6.92 Å². The second kappa shape index (κ2) is 10.1. The molecule has 0 atom stereocenters. The van der Waals surface area contributed by atoms with Crippen LogP contribution in [0.25, 0.3) is 0 Å². The number of likely N-dealkylation sites (N-methyl/N-ethyl adjacent to an activating group) is 1. The third-order valence-corrected chi connectivity index (χ3v) is 2.93. The summed E-state index contributed by atoms with van der Waals surface area (Å²) in [6.45, 7) is 7.95. The monoisotopic (exact) mass is 323 g/mol. The molecule has 0 aliphatic heterocycles. The number of ether oxygens (including phenoxy) is 1. The van der Waals surface area contributed by atoms with Gasteiger partial charge in [0.15, 0.2) is 0 Å². The van der Waals surface area contributed by atoms with Gasteiger partial charge < -0.3 is 15.1 Å². The second-order valence-electron chi connectivity index (χ2n) is 5.16. The number of benzene rings is 1. The summed E-state index contributed by atoms with van der Waals surface area (Å²) >= 11 is 0. The van der Waals surface area contributed by atoms with Gasteiger partial charge in [-0.25, -0.2) is 0 Å². The highest BCUT2D eigenvalue weighted by Crippen LogP contribution is 2.31. The SMILES string of the molecule is Cc1cc(OCCN(C)C)c(C(C)C)cc1NN.Cl.Cl. The van der Waals surface area contributed by atoms with Gasteiger partial charge in [-0.3, -0.25) is 5.84 Å². The minimum atomic E-state index is 0. The van der Waals surface area contributed by atoms with Crippen molar-refractivity contribution in [3.8, 4) is 5.75 Å². The number of hydrazine groups is 1. The normalized spacial score (nSPS) is 10.0. The number of hydrogen-bond donors (Lipinski definition) is 2. The number of nitrogens with two attached hydrogens (primary N) is 1. The van der Waals surface area contributed by atoms with Crippen LogP contribution >= 0.6 is 24.8 Å². The van der Waals surface area contributed by atoms with E-state index in [4.69, 9.17) is 10.6 Å². The van der Waals surface area contributed by atoms with Crippen molar-refractivity contribution in [1.29, 1.82) is 0 Å². The number of anilines is 1. The van der Waals surface area contributed by atoms with E-state index in [1.165, 1.54) is 5.56 Å². The van der Waals surface area contributed by atoms with Gasteiger partial charge in [-0.05, 0) is 50.2 Å². The van der Waals surface area contributed by atoms with E-state index in [-0.39, 0.29) is 24.8 Å². The van der Waals surface area contributed by atoms with Gasteiger partial charge in [0.25, 0.3) is 0 Å². The quantitative estimate of drug-likeness (QED) is 0.623. The first-order chi connectivity index (χ1) is 8.45. The maximum atomic E-state index is 5.88. The van der Waals surface area contributed by atoms with E-state index in [2.05, 4.69) is 36.3 Å². The number of hydrogen-bond acceptors (Lipinski definition) is 4. The first-order valence-electron chi connectivity index (χ1n) is 6.34. The van der Waals surface area contributed by atoms with Crippen molar-refractivity contribution in [2.75, 3.05) is 32.7 Å². The van der Waals surface area contributed by atoms with E-state index in [9.17, 15) is 0 Å². The summed E-state index contributed by atoms with van der Waals surface area (Å²) in [4.78, 5) is 2.11. The van der Waals surface area contributed by atoms with Gasteiger partial charge >= 0.3 is 0 Å². The van der Waals surface area contributed by atoms with Crippen molar-refractivity contribution in [3.63, 3.8) is 0 Å². The highest BCUT2D eigenvalue weighted by Gasteiger charge is 2.11. The second-order valence-corrected chi connectivity index (χ2v) is 5.16. The zero-order chi connectivity index (χ0) is 13.7. The highest BCUT2D eigenvalue weighted by molar-refractivity contribution is 5.85. The van der Waals surface area contributed by atoms with Crippen LogP contribution in [0.3, 0.4) is 0 Å². The maximum Gasteiger partial charge on any atom is 0.123 e. The molecule has 0 unspecified atom stereocenters. The number of nitrogens with zero attached hydrogens (tertiary/aromatic N) is 1. The van der Waals surface area contributed by atoms with Crippen LogP contribution in [0.4, 0.5) is 5.69 Å². The van der Waals surface area contributed by atoms with Crippen LogP contribution in [-0.2, 0) is 0 Å². The summed E-state index contributed by atoms with van der Waals surface area (Å²) in [5.74, 6) is 6.88. The Kier molecular flexibility index (Phi) is 10.9. The lowest BCUT2D eigenvalue weighted by atomic mass is 9.99. The number of halogens is 2. The molecule has 118 valence electrons. The fraction of sp³-hybridized carbons (Fsp3) is 0.571. The van der Waals surface area contributed by atoms with E-state index >= 15 is 0 Å². The summed E-state index contributed by atoms with van der Waals surface area (Å²) in [7, 11) is 4.08. The summed E-state index contributed by atoms with van der Waals surface area (Å²) in [6.07, 6.45) is 0. The molecule has 1 aromatic carbocycles. The summed E-state index contributed by atoms with van der Waals surface area (Å²) in [5.41, 5.74) is 5.97. The third kappa shape index (κ3) is 6.18. The molecule has 0 fully saturated rings. The standard InChI is InChI=1S/C14H25N3O.2ClH/c1-10(2)12-9-13(16-15)11(3)8-14(12)18-7-6-17(4)5;;/h8-10,16H,6-7,15H2,1-5H3;2*1H. The molecule has 0 aliphatic rings. The molecular formula is C14H27Cl2N3O. The maximum absolute atomic E-state index is 5.88. The van der Waals surface area contributed by atoms with Crippen LogP contribution in [0.1, 0.15) is 30.9 Å². The fourth-order valence-corrected chi connectivity index (χ4v) is 1.77. The Hall–Kier alpha value is -0.680. The first kappa shape index (κ1) is 21.6. The minimum absolute atomic E-state index is 0. The van der Waals surface area contributed by atoms with Gasteiger partial charge in [-0.2, -0.15) is 0 Å². The minimum Gasteiger partial charge on any atom is -0.492 e. The van der Waals surface area contributed by atoms with E-state index < -0.39 is 0 Å². The van der Waals surface area contributed by atoms with Crippen LogP contribution in [0.5, 0.6) is 5.75 Å². The molecule has 0 aliphatic carbocycles. The number of nitrogens with one attached hydrogen (secondary N) is 1. The lowest BCUT2D eigenvalue weighted by Crippen LogP contribution is -2.20. The molecule has 1 rings (SSSR count). The van der Waals surface area contributed by atoms with E-state index in [0.29, 0.717) is 12.5 Å². The van der Waals surface area contributed by atoms with Gasteiger partial charge in [0.2, 0.25) is 0 Å². The zero-order valence-electron chi connectivity index (χ0n) is 12.9. The van der Waals surface area contributed by atoms with Crippen LogP contribution in [0.2, 0.25) is 0 Å². The van der Waals surface area contributed by atoms with Crippen LogP contribution < -0.4 is 16.0 Å². The molecule has 0 saturated heterocycles. The molecule has 0 saturated carbocycles. The molecule has 1 aromatic rings. The number of aryl methyl sites for hydroxylation is 1.